The number of nitrogens with one attached hydrogen (secondary N) is 1. The van der Waals surface area contributed by atoms with Gasteiger partial charge in [0.05, 0.1) is 26.0 Å². The summed E-state index contributed by atoms with van der Waals surface area (Å²) in [4.78, 5) is 25.0. The molecule has 210 valence electrons. The Morgan fingerprint density at radius 2 is 1.49 bits per heavy atom. The molecule has 0 bridgehead atoms. The van der Waals surface area contributed by atoms with Crippen molar-refractivity contribution in [1.29, 1.82) is 0 Å². The number of nitrogens with zero attached hydrogens (tertiary/aromatic N) is 1. The van der Waals surface area contributed by atoms with Crippen LogP contribution < -0.4 is 29.1 Å². The zero-order valence-electron chi connectivity index (χ0n) is 22.9. The van der Waals surface area contributed by atoms with Crippen LogP contribution >= 0.6 is 0 Å². The minimum absolute atomic E-state index is 0.244. The van der Waals surface area contributed by atoms with Crippen molar-refractivity contribution >= 4 is 18.1 Å². The maximum absolute atomic E-state index is 12.5. The van der Waals surface area contributed by atoms with Gasteiger partial charge in [-0.25, -0.2) is 10.2 Å². The number of benzene rings is 4. The Morgan fingerprint density at radius 1 is 0.805 bits per heavy atom. The van der Waals surface area contributed by atoms with E-state index in [2.05, 4.69) is 10.5 Å². The van der Waals surface area contributed by atoms with Gasteiger partial charge < -0.3 is 23.7 Å². The summed E-state index contributed by atoms with van der Waals surface area (Å²) in [6.07, 6.45) is 0.652. The van der Waals surface area contributed by atoms with Crippen LogP contribution in [0.25, 0.3) is 0 Å². The molecule has 0 fully saturated rings. The maximum atomic E-state index is 12.5. The SMILES string of the molecule is COc1ccc(C(=O)Oc2ccc(C=NNC(=O)C(C)Oc3ccc(OCc4ccccc4)cc3)cc2OC)cc1. The minimum Gasteiger partial charge on any atom is -0.497 e. The molecule has 41 heavy (non-hydrogen) atoms. The van der Waals surface area contributed by atoms with E-state index in [4.69, 9.17) is 23.7 Å². The molecule has 4 aromatic rings. The molecule has 0 radical (unpaired) electrons. The van der Waals surface area contributed by atoms with Crippen molar-refractivity contribution in [3.63, 3.8) is 0 Å². The molecule has 1 N–H and O–H groups in total. The van der Waals surface area contributed by atoms with Gasteiger partial charge in [-0.15, -0.1) is 0 Å². The third-order valence-corrected chi connectivity index (χ3v) is 5.86. The van der Waals surface area contributed by atoms with Crippen LogP contribution in [0.5, 0.6) is 28.7 Å². The fraction of sp³-hybridized carbons (Fsp3) is 0.156. The molecular weight excluding hydrogens is 524 g/mol. The quantitative estimate of drug-likeness (QED) is 0.108. The van der Waals surface area contributed by atoms with Gasteiger partial charge in [-0.3, -0.25) is 4.79 Å². The Hall–Kier alpha value is -5.31. The smallest absolute Gasteiger partial charge is 0.343 e. The number of carbonyl (C=O) groups excluding carboxylic acids is 2. The Morgan fingerprint density at radius 3 is 2.17 bits per heavy atom. The minimum atomic E-state index is -0.794. The predicted octanol–water partition coefficient (Wildman–Crippen LogP) is 5.42. The second kappa shape index (κ2) is 14.2. The first-order valence-corrected chi connectivity index (χ1v) is 12.8. The van der Waals surface area contributed by atoms with Gasteiger partial charge >= 0.3 is 5.97 Å². The molecule has 1 amide bonds. The lowest BCUT2D eigenvalue weighted by Gasteiger charge is -2.13. The lowest BCUT2D eigenvalue weighted by atomic mass is 10.2. The van der Waals surface area contributed by atoms with E-state index in [9.17, 15) is 9.59 Å². The van der Waals surface area contributed by atoms with E-state index in [-0.39, 0.29) is 5.75 Å². The van der Waals surface area contributed by atoms with Crippen molar-refractivity contribution < 1.29 is 33.3 Å². The molecule has 0 aliphatic rings. The number of hydrogen-bond acceptors (Lipinski definition) is 8. The number of rotatable bonds is 12. The zero-order chi connectivity index (χ0) is 29.0. The number of hydrazone groups is 1. The number of methoxy groups -OCH3 is 2. The molecule has 0 aliphatic carbocycles. The van der Waals surface area contributed by atoms with E-state index in [1.54, 1.807) is 80.8 Å². The molecule has 0 saturated heterocycles. The van der Waals surface area contributed by atoms with E-state index < -0.39 is 18.0 Å². The highest BCUT2D eigenvalue weighted by Crippen LogP contribution is 2.28. The first-order valence-electron chi connectivity index (χ1n) is 12.8. The zero-order valence-corrected chi connectivity index (χ0v) is 22.9. The summed E-state index contributed by atoms with van der Waals surface area (Å²) in [5.41, 5.74) is 4.51. The van der Waals surface area contributed by atoms with Crippen molar-refractivity contribution in [2.45, 2.75) is 19.6 Å². The summed E-state index contributed by atoms with van der Waals surface area (Å²) in [6, 6.07) is 28.4. The van der Waals surface area contributed by atoms with E-state index in [1.165, 1.54) is 13.3 Å². The number of ether oxygens (including phenoxy) is 5. The first kappa shape index (κ1) is 28.7. The van der Waals surface area contributed by atoms with Crippen LogP contribution in [-0.2, 0) is 11.4 Å². The molecule has 4 rings (SSSR count). The van der Waals surface area contributed by atoms with Gasteiger partial charge in [-0.2, -0.15) is 5.10 Å². The van der Waals surface area contributed by atoms with Gasteiger partial charge in [0, 0.05) is 0 Å². The van der Waals surface area contributed by atoms with Crippen LogP contribution in [0.1, 0.15) is 28.4 Å². The topological polar surface area (TPSA) is 105 Å². The normalized spacial score (nSPS) is 11.4. The van der Waals surface area contributed by atoms with Crippen LogP contribution in [-0.4, -0.2) is 38.4 Å². The van der Waals surface area contributed by atoms with E-state index in [0.717, 1.165) is 5.56 Å². The van der Waals surface area contributed by atoms with Crippen LogP contribution in [0.15, 0.2) is 102 Å². The monoisotopic (exact) mass is 554 g/mol. The van der Waals surface area contributed by atoms with Crippen molar-refractivity contribution in [3.05, 3.63) is 114 Å². The van der Waals surface area contributed by atoms with Gasteiger partial charge in [0.2, 0.25) is 0 Å². The average Bonchev–Trinajstić information content (AvgIpc) is 3.01. The fourth-order valence-corrected chi connectivity index (χ4v) is 3.61. The molecule has 0 spiro atoms. The molecular formula is C32H30N2O7. The van der Waals surface area contributed by atoms with Gasteiger partial charge in [0.15, 0.2) is 17.6 Å². The fourth-order valence-electron chi connectivity index (χ4n) is 3.61. The third kappa shape index (κ3) is 8.34. The summed E-state index contributed by atoms with van der Waals surface area (Å²) in [6.45, 7) is 2.08. The number of carbonyl (C=O) groups is 2. The van der Waals surface area contributed by atoms with Gasteiger partial charge in [-0.1, -0.05) is 30.3 Å². The lowest BCUT2D eigenvalue weighted by Crippen LogP contribution is -2.33. The standard InChI is InChI=1S/C32H30N2O7/c1-22(40-28-16-14-27(15-17-28)39-21-23-7-5-4-6-8-23)31(35)34-33-20-24-9-18-29(30(19-24)38-3)41-32(36)25-10-12-26(37-2)13-11-25/h4-20,22H,21H2,1-3H3,(H,34,35). The van der Waals surface area contributed by atoms with Gasteiger partial charge in [0.1, 0.15) is 23.9 Å². The third-order valence-electron chi connectivity index (χ3n) is 5.86. The Kier molecular flexibility index (Phi) is 9.92. The summed E-state index contributed by atoms with van der Waals surface area (Å²) < 4.78 is 27.4. The highest BCUT2D eigenvalue weighted by molar-refractivity contribution is 5.92. The van der Waals surface area contributed by atoms with Crippen molar-refractivity contribution in [2.75, 3.05) is 14.2 Å². The molecule has 4 aromatic carbocycles. The van der Waals surface area contributed by atoms with E-state index >= 15 is 0 Å². The van der Waals surface area contributed by atoms with E-state index in [0.29, 0.717) is 40.7 Å². The van der Waals surface area contributed by atoms with Gasteiger partial charge in [0.25, 0.3) is 5.91 Å². The van der Waals surface area contributed by atoms with Crippen LogP contribution in [0.2, 0.25) is 0 Å². The Labute approximate surface area is 238 Å². The highest BCUT2D eigenvalue weighted by Gasteiger charge is 2.15. The van der Waals surface area contributed by atoms with Crippen LogP contribution in [0.4, 0.5) is 0 Å². The lowest BCUT2D eigenvalue weighted by molar-refractivity contribution is -0.127. The van der Waals surface area contributed by atoms with Crippen molar-refractivity contribution in [3.8, 4) is 28.7 Å². The molecule has 0 aromatic heterocycles. The Balaban J connectivity index is 1.27. The second-order valence-electron chi connectivity index (χ2n) is 8.77. The molecule has 1 atom stereocenters. The summed E-state index contributed by atoms with van der Waals surface area (Å²) >= 11 is 0. The first-order chi connectivity index (χ1) is 19.9. The second-order valence-corrected chi connectivity index (χ2v) is 8.77. The highest BCUT2D eigenvalue weighted by atomic mass is 16.6. The molecule has 9 nitrogen and oxygen atoms in total. The van der Waals surface area contributed by atoms with Crippen LogP contribution in [0.3, 0.4) is 0 Å². The maximum Gasteiger partial charge on any atom is 0.343 e. The average molecular weight is 555 g/mol. The molecule has 0 heterocycles. The Bertz CT molecular complexity index is 1470. The van der Waals surface area contributed by atoms with Crippen molar-refractivity contribution in [1.82, 2.24) is 5.43 Å². The van der Waals surface area contributed by atoms with Crippen molar-refractivity contribution in [2.24, 2.45) is 5.10 Å². The summed E-state index contributed by atoms with van der Waals surface area (Å²) in [7, 11) is 3.01. The summed E-state index contributed by atoms with van der Waals surface area (Å²) in [5.74, 6) is 1.46. The molecule has 0 saturated carbocycles. The van der Waals surface area contributed by atoms with E-state index in [1.807, 2.05) is 30.3 Å². The molecule has 0 aliphatic heterocycles. The largest absolute Gasteiger partial charge is 0.497 e. The van der Waals surface area contributed by atoms with Gasteiger partial charge in [-0.05, 0) is 84.8 Å². The van der Waals surface area contributed by atoms with Crippen LogP contribution in [0, 0.1) is 0 Å². The molecule has 9 heteroatoms. The number of esters is 1. The summed E-state index contributed by atoms with van der Waals surface area (Å²) in [5, 5.41) is 4.00. The predicted molar refractivity (Wildman–Crippen MR) is 154 cm³/mol. The molecule has 1 unspecified atom stereocenters. The number of amides is 1. The number of hydrogen-bond donors (Lipinski definition) is 1.